The Morgan fingerprint density at radius 2 is 2.06 bits per heavy atom. The molecular formula is C14H13N3O. The summed E-state index contributed by atoms with van der Waals surface area (Å²) in [4.78, 5) is 7.68. The summed E-state index contributed by atoms with van der Waals surface area (Å²) in [7, 11) is 0. The molecule has 4 N–H and O–H groups in total. The topological polar surface area (TPSA) is 74.9 Å². The molecule has 4 heteroatoms. The zero-order valence-corrected chi connectivity index (χ0v) is 9.94. The maximum Gasteiger partial charge on any atom is 0.140 e. The second-order valence-electron chi connectivity index (χ2n) is 4.33. The minimum absolute atomic E-state index is 0.218. The lowest BCUT2D eigenvalue weighted by Gasteiger charge is -2.05. The summed E-state index contributed by atoms with van der Waals surface area (Å²) >= 11 is 0. The third kappa shape index (κ3) is 1.59. The van der Waals surface area contributed by atoms with Crippen LogP contribution in [0.25, 0.3) is 22.4 Å². The van der Waals surface area contributed by atoms with Crippen LogP contribution in [0.4, 0.5) is 5.69 Å². The highest BCUT2D eigenvalue weighted by atomic mass is 16.3. The van der Waals surface area contributed by atoms with Crippen LogP contribution in [-0.4, -0.2) is 15.1 Å². The number of nitrogens with two attached hydrogens (primary N) is 1. The predicted octanol–water partition coefficient (Wildman–Crippen LogP) is 2.83. The molecule has 0 saturated carbocycles. The quantitative estimate of drug-likeness (QED) is 0.571. The van der Waals surface area contributed by atoms with E-state index in [0.29, 0.717) is 5.69 Å². The number of phenols is 1. The second-order valence-corrected chi connectivity index (χ2v) is 4.33. The Kier molecular flexibility index (Phi) is 2.23. The molecule has 3 rings (SSSR count). The monoisotopic (exact) mass is 239 g/mol. The van der Waals surface area contributed by atoms with Gasteiger partial charge in [0.15, 0.2) is 0 Å². The van der Waals surface area contributed by atoms with E-state index in [1.807, 2.05) is 25.1 Å². The Morgan fingerprint density at radius 1 is 1.22 bits per heavy atom. The molecule has 0 atom stereocenters. The molecule has 0 spiro atoms. The van der Waals surface area contributed by atoms with Gasteiger partial charge in [0.25, 0.3) is 0 Å². The maximum atomic E-state index is 9.45. The fourth-order valence-corrected chi connectivity index (χ4v) is 2.13. The van der Waals surface area contributed by atoms with Crippen molar-refractivity contribution in [2.45, 2.75) is 6.92 Å². The van der Waals surface area contributed by atoms with Gasteiger partial charge < -0.3 is 15.8 Å². The van der Waals surface area contributed by atoms with Crippen LogP contribution in [-0.2, 0) is 0 Å². The molecule has 2 aromatic carbocycles. The average Bonchev–Trinajstić information content (AvgIpc) is 2.71. The highest BCUT2D eigenvalue weighted by Gasteiger charge is 2.10. The summed E-state index contributed by atoms with van der Waals surface area (Å²) in [5.41, 5.74) is 10.3. The number of hydrogen-bond donors (Lipinski definition) is 3. The zero-order chi connectivity index (χ0) is 12.7. The first kappa shape index (κ1) is 10.7. The summed E-state index contributed by atoms with van der Waals surface area (Å²) in [6.07, 6.45) is 0. The summed E-state index contributed by atoms with van der Waals surface area (Å²) < 4.78 is 0. The third-order valence-electron chi connectivity index (χ3n) is 3.01. The van der Waals surface area contributed by atoms with E-state index < -0.39 is 0 Å². The molecule has 0 fully saturated rings. The second kappa shape index (κ2) is 3.77. The van der Waals surface area contributed by atoms with E-state index in [2.05, 4.69) is 9.97 Å². The van der Waals surface area contributed by atoms with Crippen molar-refractivity contribution in [3.05, 3.63) is 42.0 Å². The lowest BCUT2D eigenvalue weighted by molar-refractivity contribution is 0.476. The number of phenolic OH excluding ortho intramolecular Hbond substituents is 1. The molecule has 18 heavy (non-hydrogen) atoms. The molecule has 3 aromatic rings. The molecule has 0 bridgehead atoms. The Labute approximate surface area is 104 Å². The van der Waals surface area contributed by atoms with Gasteiger partial charge in [0.2, 0.25) is 0 Å². The van der Waals surface area contributed by atoms with Gasteiger partial charge in [0, 0.05) is 17.3 Å². The first-order valence-electron chi connectivity index (χ1n) is 5.69. The number of hydrogen-bond acceptors (Lipinski definition) is 3. The fourth-order valence-electron chi connectivity index (χ4n) is 2.13. The van der Waals surface area contributed by atoms with Crippen LogP contribution in [0.15, 0.2) is 36.4 Å². The van der Waals surface area contributed by atoms with Crippen LogP contribution >= 0.6 is 0 Å². The molecule has 1 heterocycles. The number of imidazole rings is 1. The van der Waals surface area contributed by atoms with Crippen LogP contribution in [0.3, 0.4) is 0 Å². The lowest BCUT2D eigenvalue weighted by Crippen LogP contribution is -1.93. The van der Waals surface area contributed by atoms with Crippen molar-refractivity contribution >= 4 is 16.7 Å². The molecule has 0 aliphatic carbocycles. The van der Waals surface area contributed by atoms with E-state index in [1.165, 1.54) is 0 Å². The number of nitrogens with zero attached hydrogens (tertiary/aromatic N) is 1. The number of rotatable bonds is 1. The summed E-state index contributed by atoms with van der Waals surface area (Å²) in [5, 5.41) is 9.45. The summed E-state index contributed by atoms with van der Waals surface area (Å²) in [6, 6.07) is 10.8. The van der Waals surface area contributed by atoms with E-state index in [0.717, 1.165) is 28.0 Å². The van der Waals surface area contributed by atoms with Crippen LogP contribution in [0.2, 0.25) is 0 Å². The zero-order valence-electron chi connectivity index (χ0n) is 9.94. The highest BCUT2D eigenvalue weighted by Crippen LogP contribution is 2.29. The van der Waals surface area contributed by atoms with E-state index in [-0.39, 0.29) is 5.75 Å². The number of nitrogen functional groups attached to an aromatic ring is 1. The minimum atomic E-state index is 0.218. The molecule has 0 radical (unpaired) electrons. The van der Waals surface area contributed by atoms with Crippen molar-refractivity contribution in [1.29, 1.82) is 0 Å². The SMILES string of the molecule is Cc1cccc(N)c1-c1nc2ccc(O)cc2[nH]1. The largest absolute Gasteiger partial charge is 0.508 e. The lowest BCUT2D eigenvalue weighted by atomic mass is 10.1. The molecule has 0 aliphatic rings. The van der Waals surface area contributed by atoms with E-state index >= 15 is 0 Å². The highest BCUT2D eigenvalue weighted by molar-refractivity contribution is 5.84. The molecule has 4 nitrogen and oxygen atoms in total. The van der Waals surface area contributed by atoms with Gasteiger partial charge >= 0.3 is 0 Å². The van der Waals surface area contributed by atoms with Crippen molar-refractivity contribution < 1.29 is 5.11 Å². The van der Waals surface area contributed by atoms with Gasteiger partial charge in [-0.2, -0.15) is 0 Å². The smallest absolute Gasteiger partial charge is 0.140 e. The molecular weight excluding hydrogens is 226 g/mol. The van der Waals surface area contributed by atoms with Gasteiger partial charge in [0.1, 0.15) is 11.6 Å². The number of aromatic amines is 1. The number of aryl methyl sites for hydroxylation is 1. The Bertz CT molecular complexity index is 711. The van der Waals surface area contributed by atoms with Gasteiger partial charge in [0.05, 0.1) is 11.0 Å². The van der Waals surface area contributed by atoms with Crippen molar-refractivity contribution in [3.8, 4) is 17.1 Å². The minimum Gasteiger partial charge on any atom is -0.508 e. The van der Waals surface area contributed by atoms with Crippen molar-refractivity contribution in [2.75, 3.05) is 5.73 Å². The van der Waals surface area contributed by atoms with Gasteiger partial charge in [-0.25, -0.2) is 4.98 Å². The van der Waals surface area contributed by atoms with E-state index in [1.54, 1.807) is 18.2 Å². The van der Waals surface area contributed by atoms with Crippen molar-refractivity contribution in [1.82, 2.24) is 9.97 Å². The van der Waals surface area contributed by atoms with Gasteiger partial charge in [-0.15, -0.1) is 0 Å². The fraction of sp³-hybridized carbons (Fsp3) is 0.0714. The van der Waals surface area contributed by atoms with Crippen molar-refractivity contribution in [2.24, 2.45) is 0 Å². The average molecular weight is 239 g/mol. The van der Waals surface area contributed by atoms with Crippen LogP contribution < -0.4 is 5.73 Å². The predicted molar refractivity (Wildman–Crippen MR) is 72.3 cm³/mol. The van der Waals surface area contributed by atoms with Gasteiger partial charge in [-0.3, -0.25) is 0 Å². The number of aromatic nitrogens is 2. The Balaban J connectivity index is 2.26. The molecule has 0 aliphatic heterocycles. The van der Waals surface area contributed by atoms with Crippen LogP contribution in [0, 0.1) is 6.92 Å². The molecule has 90 valence electrons. The van der Waals surface area contributed by atoms with Crippen LogP contribution in [0.5, 0.6) is 5.75 Å². The van der Waals surface area contributed by atoms with E-state index in [9.17, 15) is 5.11 Å². The molecule has 0 unspecified atom stereocenters. The number of H-pyrrole nitrogens is 1. The van der Waals surface area contributed by atoms with Gasteiger partial charge in [-0.05, 0) is 30.7 Å². The maximum absolute atomic E-state index is 9.45. The molecule has 0 saturated heterocycles. The Morgan fingerprint density at radius 3 is 2.83 bits per heavy atom. The normalized spacial score (nSPS) is 10.9. The molecule has 0 amide bonds. The van der Waals surface area contributed by atoms with Gasteiger partial charge in [-0.1, -0.05) is 12.1 Å². The van der Waals surface area contributed by atoms with Crippen molar-refractivity contribution in [3.63, 3.8) is 0 Å². The first-order chi connectivity index (χ1) is 8.65. The summed E-state index contributed by atoms with van der Waals surface area (Å²) in [5.74, 6) is 0.946. The first-order valence-corrected chi connectivity index (χ1v) is 5.69. The standard InChI is InChI=1S/C14H13N3O/c1-8-3-2-4-10(15)13(8)14-16-11-6-5-9(18)7-12(11)17-14/h2-7,18H,15H2,1H3,(H,16,17). The number of fused-ring (bicyclic) bond motifs is 1. The number of aromatic hydroxyl groups is 1. The van der Waals surface area contributed by atoms with Crippen LogP contribution in [0.1, 0.15) is 5.56 Å². The van der Waals surface area contributed by atoms with E-state index in [4.69, 9.17) is 5.73 Å². The summed E-state index contributed by atoms with van der Waals surface area (Å²) in [6.45, 7) is 2.00. The molecule has 1 aromatic heterocycles. The number of nitrogens with one attached hydrogen (secondary N) is 1. The third-order valence-corrected chi connectivity index (χ3v) is 3.01. The number of benzene rings is 2. The Hall–Kier alpha value is -2.49. The number of anilines is 1.